The van der Waals surface area contributed by atoms with Gasteiger partial charge in [-0.25, -0.2) is 0 Å². The molecule has 0 saturated carbocycles. The Balaban J connectivity index is 2.11. The first kappa shape index (κ1) is 16.1. The minimum Gasteiger partial charge on any atom is -0.311 e. The molecule has 0 aliphatic heterocycles. The van der Waals surface area contributed by atoms with Gasteiger partial charge in [-0.1, -0.05) is 22.0 Å². The summed E-state index contributed by atoms with van der Waals surface area (Å²) in [6, 6.07) is 8.64. The molecule has 0 bridgehead atoms. The molecule has 6 heteroatoms. The largest absolute Gasteiger partial charge is 0.311 e. The third kappa shape index (κ3) is 3.87. The van der Waals surface area contributed by atoms with Gasteiger partial charge in [0.1, 0.15) is 0 Å². The molecule has 1 N–H and O–H groups in total. The second kappa shape index (κ2) is 7.64. The molecule has 0 spiro atoms. The third-order valence-corrected chi connectivity index (χ3v) is 5.22. The summed E-state index contributed by atoms with van der Waals surface area (Å²) in [4.78, 5) is 1.26. The molecular weight excluding hydrogens is 402 g/mol. The van der Waals surface area contributed by atoms with E-state index in [9.17, 15) is 0 Å². The van der Waals surface area contributed by atoms with Crippen LogP contribution < -0.4 is 5.32 Å². The zero-order chi connectivity index (χ0) is 14.5. The smallest absolute Gasteiger partial charge is 0.0704 e. The summed E-state index contributed by atoms with van der Waals surface area (Å²) in [5.41, 5.74) is 1.21. The Labute approximate surface area is 140 Å². The van der Waals surface area contributed by atoms with Crippen LogP contribution in [-0.4, -0.2) is 22.6 Å². The molecule has 0 fully saturated rings. The minimum atomic E-state index is 0.260. The molecular formula is C14H17Br2N3S. The molecule has 2 rings (SSSR count). The second-order valence-electron chi connectivity index (χ2n) is 4.30. The molecule has 1 aromatic heterocycles. The number of rotatable bonds is 6. The number of hydrogen-bond acceptors (Lipinski definition) is 3. The Hall–Kier alpha value is -0.300. The van der Waals surface area contributed by atoms with Gasteiger partial charge in [0.05, 0.1) is 22.4 Å². The molecule has 0 saturated heterocycles. The fraction of sp³-hybridized carbons (Fsp3) is 0.357. The van der Waals surface area contributed by atoms with Gasteiger partial charge in [-0.15, -0.1) is 11.8 Å². The quantitative estimate of drug-likeness (QED) is 0.701. The first-order valence-corrected chi connectivity index (χ1v) is 8.99. The fourth-order valence-electron chi connectivity index (χ4n) is 2.01. The Morgan fingerprint density at radius 3 is 2.85 bits per heavy atom. The molecule has 3 nitrogen and oxygen atoms in total. The Morgan fingerprint density at radius 1 is 1.40 bits per heavy atom. The second-order valence-corrected chi connectivity index (χ2v) is 7.17. The molecule has 20 heavy (non-hydrogen) atoms. The highest BCUT2D eigenvalue weighted by Gasteiger charge is 2.18. The minimum absolute atomic E-state index is 0.260. The summed E-state index contributed by atoms with van der Waals surface area (Å²) < 4.78 is 4.21. The normalized spacial score (nSPS) is 12.6. The van der Waals surface area contributed by atoms with E-state index in [2.05, 4.69) is 67.4 Å². The van der Waals surface area contributed by atoms with Crippen molar-refractivity contribution in [2.45, 2.75) is 24.4 Å². The van der Waals surface area contributed by atoms with Gasteiger partial charge in [0, 0.05) is 21.7 Å². The highest BCUT2D eigenvalue weighted by atomic mass is 79.9. The van der Waals surface area contributed by atoms with Crippen molar-refractivity contribution in [3.05, 3.63) is 45.1 Å². The average molecular weight is 419 g/mol. The standard InChI is InChI=1S/C14H17Br2N3S/c1-3-19-14(12(16)8-18-19)13(17-2)9-20-11-6-4-5-10(15)7-11/h4-8,13,17H,3,9H2,1-2H3. The topological polar surface area (TPSA) is 29.9 Å². The van der Waals surface area contributed by atoms with E-state index in [4.69, 9.17) is 0 Å². The molecule has 1 heterocycles. The average Bonchev–Trinajstić information content (AvgIpc) is 2.81. The lowest BCUT2D eigenvalue weighted by Gasteiger charge is -2.18. The molecule has 0 radical (unpaired) electrons. The van der Waals surface area contributed by atoms with Crippen LogP contribution in [0.1, 0.15) is 18.7 Å². The van der Waals surface area contributed by atoms with Crippen LogP contribution in [0.15, 0.2) is 44.3 Å². The van der Waals surface area contributed by atoms with Crippen molar-refractivity contribution < 1.29 is 0 Å². The van der Waals surface area contributed by atoms with Gasteiger partial charge < -0.3 is 5.32 Å². The lowest BCUT2D eigenvalue weighted by molar-refractivity contribution is 0.547. The fourth-order valence-corrected chi connectivity index (χ4v) is 4.20. The molecule has 2 aromatic rings. The van der Waals surface area contributed by atoms with Crippen LogP contribution in [0.3, 0.4) is 0 Å². The van der Waals surface area contributed by atoms with Gasteiger partial charge in [0.2, 0.25) is 0 Å². The predicted molar refractivity (Wildman–Crippen MR) is 92.3 cm³/mol. The molecule has 0 amide bonds. The summed E-state index contributed by atoms with van der Waals surface area (Å²) in [5.74, 6) is 0.956. The summed E-state index contributed by atoms with van der Waals surface area (Å²) in [6.45, 7) is 2.98. The van der Waals surface area contributed by atoms with Crippen LogP contribution in [-0.2, 0) is 6.54 Å². The Morgan fingerprint density at radius 2 is 2.20 bits per heavy atom. The van der Waals surface area contributed by atoms with Gasteiger partial charge in [-0.3, -0.25) is 4.68 Å². The van der Waals surface area contributed by atoms with Crippen molar-refractivity contribution in [1.29, 1.82) is 0 Å². The number of nitrogens with one attached hydrogen (secondary N) is 1. The number of aryl methyl sites for hydroxylation is 1. The lowest BCUT2D eigenvalue weighted by atomic mass is 10.2. The van der Waals surface area contributed by atoms with Crippen molar-refractivity contribution in [2.75, 3.05) is 12.8 Å². The molecule has 1 unspecified atom stereocenters. The van der Waals surface area contributed by atoms with E-state index in [0.717, 1.165) is 21.2 Å². The van der Waals surface area contributed by atoms with Crippen molar-refractivity contribution in [2.24, 2.45) is 0 Å². The van der Waals surface area contributed by atoms with Crippen LogP contribution in [0.5, 0.6) is 0 Å². The number of halogens is 2. The van der Waals surface area contributed by atoms with Crippen LogP contribution in [0.25, 0.3) is 0 Å². The summed E-state index contributed by atoms with van der Waals surface area (Å²) in [7, 11) is 1.99. The molecule has 0 aliphatic rings. The number of aromatic nitrogens is 2. The van der Waals surface area contributed by atoms with Crippen LogP contribution >= 0.6 is 43.6 Å². The van der Waals surface area contributed by atoms with Crippen LogP contribution in [0.2, 0.25) is 0 Å². The zero-order valence-corrected chi connectivity index (χ0v) is 15.4. The summed E-state index contributed by atoms with van der Waals surface area (Å²) in [5, 5.41) is 7.77. The van der Waals surface area contributed by atoms with Gasteiger partial charge in [0.15, 0.2) is 0 Å². The lowest BCUT2D eigenvalue weighted by Crippen LogP contribution is -2.22. The van der Waals surface area contributed by atoms with Crippen LogP contribution in [0, 0.1) is 0 Å². The van der Waals surface area contributed by atoms with Crippen molar-refractivity contribution in [3.8, 4) is 0 Å². The van der Waals surface area contributed by atoms with Crippen molar-refractivity contribution in [3.63, 3.8) is 0 Å². The third-order valence-electron chi connectivity index (χ3n) is 3.02. The maximum Gasteiger partial charge on any atom is 0.0704 e. The highest BCUT2D eigenvalue weighted by molar-refractivity contribution is 9.10. The van der Waals surface area contributed by atoms with Gasteiger partial charge in [-0.2, -0.15) is 5.10 Å². The molecule has 1 atom stereocenters. The van der Waals surface area contributed by atoms with Crippen molar-refractivity contribution >= 4 is 43.6 Å². The summed E-state index contributed by atoms with van der Waals surface area (Å²) >= 11 is 8.94. The zero-order valence-electron chi connectivity index (χ0n) is 11.4. The van der Waals surface area contributed by atoms with E-state index in [-0.39, 0.29) is 6.04 Å². The highest BCUT2D eigenvalue weighted by Crippen LogP contribution is 2.29. The van der Waals surface area contributed by atoms with E-state index in [1.165, 1.54) is 10.6 Å². The van der Waals surface area contributed by atoms with Gasteiger partial charge in [-0.05, 0) is 48.1 Å². The molecule has 108 valence electrons. The van der Waals surface area contributed by atoms with Gasteiger partial charge in [0.25, 0.3) is 0 Å². The van der Waals surface area contributed by atoms with Crippen LogP contribution in [0.4, 0.5) is 0 Å². The number of benzene rings is 1. The number of hydrogen-bond donors (Lipinski definition) is 1. The molecule has 1 aromatic carbocycles. The maximum atomic E-state index is 4.39. The number of thioether (sulfide) groups is 1. The van der Waals surface area contributed by atoms with Crippen molar-refractivity contribution in [1.82, 2.24) is 15.1 Å². The summed E-state index contributed by atoms with van der Waals surface area (Å²) in [6.07, 6.45) is 1.87. The maximum absolute atomic E-state index is 4.39. The predicted octanol–water partition coefficient (Wildman–Crippen LogP) is 4.48. The Kier molecular flexibility index (Phi) is 6.14. The van der Waals surface area contributed by atoms with E-state index in [1.54, 1.807) is 0 Å². The first-order valence-electron chi connectivity index (χ1n) is 6.42. The monoisotopic (exact) mass is 417 g/mol. The van der Waals surface area contributed by atoms with E-state index < -0.39 is 0 Å². The molecule has 0 aliphatic carbocycles. The number of nitrogens with zero attached hydrogens (tertiary/aromatic N) is 2. The van der Waals surface area contributed by atoms with E-state index in [0.29, 0.717) is 0 Å². The van der Waals surface area contributed by atoms with E-state index in [1.807, 2.05) is 35.8 Å². The van der Waals surface area contributed by atoms with Gasteiger partial charge >= 0.3 is 0 Å². The van der Waals surface area contributed by atoms with E-state index >= 15 is 0 Å². The Bertz CT molecular complexity index is 571. The first-order chi connectivity index (χ1) is 9.65. The SMILES string of the molecule is CCn1ncc(Br)c1C(CSc1cccc(Br)c1)NC.